The maximum Gasteiger partial charge on any atom is 0.410 e. The van der Waals surface area contributed by atoms with E-state index in [9.17, 15) is 26.7 Å². The number of carbonyl (C=O) groups is 1. The molecule has 3 aromatic rings. The fourth-order valence-electron chi connectivity index (χ4n) is 4.69. The molecule has 3 heterocycles. The Morgan fingerprint density at radius 2 is 1.70 bits per heavy atom. The molecule has 2 fully saturated rings. The molecule has 7 nitrogen and oxygen atoms in total. The summed E-state index contributed by atoms with van der Waals surface area (Å²) in [5.41, 5.74) is 0.423. The molecule has 37 heavy (non-hydrogen) atoms. The van der Waals surface area contributed by atoms with E-state index in [0.29, 0.717) is 21.8 Å². The third-order valence-corrected chi connectivity index (χ3v) is 6.42. The van der Waals surface area contributed by atoms with Gasteiger partial charge in [0.1, 0.15) is 41.1 Å². The lowest BCUT2D eigenvalue weighted by Gasteiger charge is -2.42. The van der Waals surface area contributed by atoms with Gasteiger partial charge in [-0.15, -0.1) is 0 Å². The van der Waals surface area contributed by atoms with Gasteiger partial charge in [0.2, 0.25) is 0 Å². The molecule has 2 aliphatic rings. The summed E-state index contributed by atoms with van der Waals surface area (Å²) in [4.78, 5) is 23.5. The summed E-state index contributed by atoms with van der Waals surface area (Å²) in [5.74, 6) is -1.08. The van der Waals surface area contributed by atoms with E-state index in [4.69, 9.17) is 4.74 Å². The number of rotatable bonds is 3. The Kier molecular flexibility index (Phi) is 6.03. The van der Waals surface area contributed by atoms with Crippen LogP contribution < -0.4 is 4.90 Å². The molecule has 1 amide bonds. The van der Waals surface area contributed by atoms with Gasteiger partial charge in [-0.25, -0.2) is 23.5 Å². The minimum atomic E-state index is -4.70. The largest absolute Gasteiger partial charge is 0.444 e. The summed E-state index contributed by atoms with van der Waals surface area (Å²) in [7, 11) is 0. The van der Waals surface area contributed by atoms with Crippen LogP contribution in [0.3, 0.4) is 0 Å². The van der Waals surface area contributed by atoms with Crippen LogP contribution in [-0.2, 0) is 4.74 Å². The number of ether oxygens (including phenoxy) is 1. The molecule has 1 unspecified atom stereocenters. The summed E-state index contributed by atoms with van der Waals surface area (Å²) in [6.45, 7) is 4.10. The lowest BCUT2D eigenvalue weighted by atomic mass is 10.1. The van der Waals surface area contributed by atoms with Crippen LogP contribution in [0.25, 0.3) is 16.7 Å². The first-order valence-corrected chi connectivity index (χ1v) is 12.0. The fraction of sp³-hybridized carbons (Fsp3) is 0.480. The number of benzene rings is 1. The number of anilines is 1. The zero-order valence-corrected chi connectivity index (χ0v) is 20.5. The Balaban J connectivity index is 1.56. The smallest absolute Gasteiger partial charge is 0.410 e. The van der Waals surface area contributed by atoms with Crippen molar-refractivity contribution in [2.24, 2.45) is 0 Å². The number of hydrogen-bond acceptors (Lipinski definition) is 5. The summed E-state index contributed by atoms with van der Waals surface area (Å²) in [6.07, 6.45) is -1.02. The van der Waals surface area contributed by atoms with Gasteiger partial charge >= 0.3 is 12.3 Å². The van der Waals surface area contributed by atoms with Crippen LogP contribution in [-0.4, -0.2) is 63.0 Å². The van der Waals surface area contributed by atoms with Gasteiger partial charge in [0.05, 0.1) is 11.1 Å². The molecule has 1 aromatic carbocycles. The van der Waals surface area contributed by atoms with E-state index >= 15 is 0 Å². The van der Waals surface area contributed by atoms with Crippen molar-refractivity contribution in [3.63, 3.8) is 0 Å². The highest BCUT2D eigenvalue weighted by Crippen LogP contribution is 2.46. The molecule has 5 rings (SSSR count). The van der Waals surface area contributed by atoms with Crippen LogP contribution >= 0.6 is 0 Å². The number of amides is 1. The molecule has 0 spiro atoms. The van der Waals surface area contributed by atoms with Crippen LogP contribution in [0.2, 0.25) is 0 Å². The number of aromatic nitrogens is 3. The van der Waals surface area contributed by atoms with Crippen molar-refractivity contribution >= 4 is 22.9 Å². The number of nitrogens with zero attached hydrogens (tertiary/aromatic N) is 5. The molecule has 2 aromatic heterocycles. The van der Waals surface area contributed by atoms with Gasteiger partial charge in [0.25, 0.3) is 0 Å². The number of hydrogen-bond donors (Lipinski definition) is 0. The minimum Gasteiger partial charge on any atom is -0.444 e. The summed E-state index contributed by atoms with van der Waals surface area (Å²) in [5, 5.41) is 0.543. The highest BCUT2D eigenvalue weighted by Gasteiger charge is 2.50. The van der Waals surface area contributed by atoms with E-state index in [0.717, 1.165) is 24.5 Å². The van der Waals surface area contributed by atoms with E-state index in [-0.39, 0.29) is 24.7 Å². The molecular formula is C25H26F5N5O2. The molecule has 1 atom stereocenters. The number of piperazine rings is 1. The van der Waals surface area contributed by atoms with E-state index in [1.807, 2.05) is 0 Å². The van der Waals surface area contributed by atoms with Gasteiger partial charge in [0, 0.05) is 31.9 Å². The average Bonchev–Trinajstić information content (AvgIpc) is 3.56. The molecule has 1 aliphatic carbocycles. The second-order valence-electron chi connectivity index (χ2n) is 10.4. The molecule has 0 bridgehead atoms. The minimum absolute atomic E-state index is 0.0851. The first-order chi connectivity index (χ1) is 17.3. The van der Waals surface area contributed by atoms with E-state index in [1.54, 1.807) is 31.5 Å². The molecule has 1 saturated heterocycles. The van der Waals surface area contributed by atoms with Gasteiger partial charge in [0.15, 0.2) is 0 Å². The standard InChI is InChI=1S/C25H26F5N5O2/c1-24(2,3)37-23(36)34-7-6-33(12-19(34)25(28,29)30)21-20-18(14-4-5-14)11-35(22(20)32-13-31-21)17-9-15(26)8-16(27)10-17/h8-11,13-14,19H,4-7,12H2,1-3H3. The Labute approximate surface area is 209 Å². The van der Waals surface area contributed by atoms with Crippen LogP contribution in [0.4, 0.5) is 32.6 Å². The molecule has 12 heteroatoms. The highest BCUT2D eigenvalue weighted by molar-refractivity contribution is 5.93. The highest BCUT2D eigenvalue weighted by atomic mass is 19.4. The summed E-state index contributed by atoms with van der Waals surface area (Å²) in [6, 6.07) is 0.990. The Bertz CT molecular complexity index is 1330. The zero-order chi connectivity index (χ0) is 26.7. The van der Waals surface area contributed by atoms with Gasteiger partial charge in [-0.1, -0.05) is 0 Å². The molecule has 1 saturated carbocycles. The zero-order valence-electron chi connectivity index (χ0n) is 20.5. The normalized spacial score (nSPS) is 19.0. The molecule has 0 radical (unpaired) electrons. The van der Waals surface area contributed by atoms with Crippen molar-refractivity contribution in [3.05, 3.63) is 47.9 Å². The molecular weight excluding hydrogens is 497 g/mol. The number of halogens is 5. The van der Waals surface area contributed by atoms with Crippen molar-refractivity contribution in [1.82, 2.24) is 19.4 Å². The van der Waals surface area contributed by atoms with Crippen LogP contribution in [0.1, 0.15) is 45.1 Å². The Hall–Kier alpha value is -3.44. The second kappa shape index (κ2) is 8.84. The Morgan fingerprint density at radius 1 is 1.03 bits per heavy atom. The monoisotopic (exact) mass is 523 g/mol. The SMILES string of the molecule is CC(C)(C)OC(=O)N1CCN(c2ncnc3c2c(C2CC2)cn3-c2cc(F)cc(F)c2)CC1C(F)(F)F. The Morgan fingerprint density at radius 3 is 2.30 bits per heavy atom. The molecule has 198 valence electrons. The van der Waals surface area contributed by atoms with E-state index in [1.165, 1.54) is 23.4 Å². The van der Waals surface area contributed by atoms with Gasteiger partial charge in [-0.05, 0) is 57.2 Å². The third-order valence-electron chi connectivity index (χ3n) is 6.42. The number of alkyl halides is 3. The van der Waals surface area contributed by atoms with Crippen molar-refractivity contribution in [2.45, 2.75) is 57.3 Å². The molecule has 0 N–H and O–H groups in total. The second-order valence-corrected chi connectivity index (χ2v) is 10.4. The van der Waals surface area contributed by atoms with E-state index in [2.05, 4.69) is 9.97 Å². The van der Waals surface area contributed by atoms with Crippen LogP contribution in [0.15, 0.2) is 30.7 Å². The molecule has 1 aliphatic heterocycles. The lowest BCUT2D eigenvalue weighted by Crippen LogP contribution is -2.61. The summed E-state index contributed by atoms with van der Waals surface area (Å²) >= 11 is 0. The first kappa shape index (κ1) is 25.2. The lowest BCUT2D eigenvalue weighted by molar-refractivity contribution is -0.181. The maximum absolute atomic E-state index is 14.1. The third kappa shape index (κ3) is 5.05. The van der Waals surface area contributed by atoms with Crippen molar-refractivity contribution in [1.29, 1.82) is 0 Å². The fourth-order valence-corrected chi connectivity index (χ4v) is 4.69. The number of carbonyl (C=O) groups excluding carboxylic acids is 1. The predicted molar refractivity (Wildman–Crippen MR) is 126 cm³/mol. The summed E-state index contributed by atoms with van der Waals surface area (Å²) < 4.78 is 77.1. The van der Waals surface area contributed by atoms with Crippen molar-refractivity contribution in [2.75, 3.05) is 24.5 Å². The predicted octanol–water partition coefficient (Wildman–Crippen LogP) is 5.56. The van der Waals surface area contributed by atoms with Gasteiger partial charge < -0.3 is 14.2 Å². The van der Waals surface area contributed by atoms with Crippen molar-refractivity contribution < 1.29 is 31.5 Å². The first-order valence-electron chi connectivity index (χ1n) is 12.0. The average molecular weight is 524 g/mol. The van der Waals surface area contributed by atoms with E-state index < -0.39 is 42.1 Å². The van der Waals surface area contributed by atoms with Crippen LogP contribution in [0, 0.1) is 11.6 Å². The number of fused-ring (bicyclic) bond motifs is 1. The maximum atomic E-state index is 14.1. The quantitative estimate of drug-likeness (QED) is 0.421. The van der Waals surface area contributed by atoms with Crippen molar-refractivity contribution in [3.8, 4) is 5.69 Å². The van der Waals surface area contributed by atoms with Gasteiger partial charge in [-0.2, -0.15) is 13.2 Å². The van der Waals surface area contributed by atoms with Gasteiger partial charge in [-0.3, -0.25) is 4.90 Å². The van der Waals surface area contributed by atoms with Crippen LogP contribution in [0.5, 0.6) is 0 Å². The topological polar surface area (TPSA) is 63.5 Å².